The van der Waals surface area contributed by atoms with Gasteiger partial charge in [0.05, 0.1) is 18.4 Å². The molecule has 0 radical (unpaired) electrons. The molecule has 3 aromatic rings. The number of nitrogens with zero attached hydrogens (tertiary/aromatic N) is 3. The van der Waals surface area contributed by atoms with Crippen LogP contribution in [0.1, 0.15) is 25.3 Å². The number of benzene rings is 2. The minimum atomic E-state index is -0.125. The van der Waals surface area contributed by atoms with Crippen LogP contribution in [0.25, 0.3) is 11.4 Å². The maximum Gasteiger partial charge on any atom is 0.234 e. The van der Waals surface area contributed by atoms with Crippen molar-refractivity contribution in [3.05, 3.63) is 54.1 Å². The molecule has 1 heterocycles. The van der Waals surface area contributed by atoms with Crippen molar-refractivity contribution in [3.63, 3.8) is 0 Å². The Balaban J connectivity index is 1.69. The van der Waals surface area contributed by atoms with Crippen molar-refractivity contribution >= 4 is 23.4 Å². The van der Waals surface area contributed by atoms with Crippen LogP contribution in [0.3, 0.4) is 0 Å². The molecule has 0 saturated heterocycles. The van der Waals surface area contributed by atoms with Crippen molar-refractivity contribution < 1.29 is 9.53 Å². The van der Waals surface area contributed by atoms with Crippen molar-refractivity contribution in [2.75, 3.05) is 24.0 Å². The summed E-state index contributed by atoms with van der Waals surface area (Å²) < 4.78 is 6.72. The molecule has 0 saturated carbocycles. The van der Waals surface area contributed by atoms with Gasteiger partial charge in [-0.3, -0.25) is 4.79 Å². The highest BCUT2D eigenvalue weighted by molar-refractivity contribution is 7.99. The van der Waals surface area contributed by atoms with E-state index in [9.17, 15) is 4.79 Å². The van der Waals surface area contributed by atoms with Crippen LogP contribution in [0.4, 0.5) is 5.69 Å². The molecule has 3 N–H and O–H groups in total. The summed E-state index contributed by atoms with van der Waals surface area (Å²) in [6, 6.07) is 15.2. The lowest BCUT2D eigenvalue weighted by molar-refractivity contribution is -0.113. The lowest BCUT2D eigenvalue weighted by atomic mass is 10.0. The Morgan fingerprint density at radius 1 is 1.18 bits per heavy atom. The standard InChI is InChI=1S/C20H23N5O2S/c1-13(2)14-8-4-6-10-16(14)22-18(26)12-28-20-24-23-19(25(20)21)15-9-5-7-11-17(15)27-3/h4-11,13H,12,21H2,1-3H3,(H,22,26). The fraction of sp³-hybridized carbons (Fsp3) is 0.250. The minimum Gasteiger partial charge on any atom is -0.496 e. The van der Waals surface area contributed by atoms with Gasteiger partial charge in [0.25, 0.3) is 0 Å². The Morgan fingerprint density at radius 3 is 2.64 bits per heavy atom. The van der Waals surface area contributed by atoms with Crippen molar-refractivity contribution in [3.8, 4) is 17.1 Å². The van der Waals surface area contributed by atoms with Crippen LogP contribution in [0.2, 0.25) is 0 Å². The first-order valence-corrected chi connectivity index (χ1v) is 9.85. The van der Waals surface area contributed by atoms with Crippen LogP contribution in [-0.4, -0.2) is 33.6 Å². The van der Waals surface area contributed by atoms with Crippen molar-refractivity contribution in [2.24, 2.45) is 0 Å². The number of anilines is 1. The summed E-state index contributed by atoms with van der Waals surface area (Å²) in [6.07, 6.45) is 0. The first-order valence-electron chi connectivity index (χ1n) is 8.86. The van der Waals surface area contributed by atoms with E-state index < -0.39 is 0 Å². The van der Waals surface area contributed by atoms with Crippen LogP contribution in [0.5, 0.6) is 5.75 Å². The van der Waals surface area contributed by atoms with Crippen LogP contribution in [0.15, 0.2) is 53.7 Å². The third kappa shape index (κ3) is 4.28. The molecule has 146 valence electrons. The average molecular weight is 398 g/mol. The topological polar surface area (TPSA) is 95.1 Å². The summed E-state index contributed by atoms with van der Waals surface area (Å²) >= 11 is 1.23. The number of amides is 1. The molecule has 0 unspecified atom stereocenters. The van der Waals surface area contributed by atoms with Gasteiger partial charge in [0, 0.05) is 5.69 Å². The van der Waals surface area contributed by atoms with Gasteiger partial charge in [0.15, 0.2) is 5.82 Å². The molecule has 3 rings (SSSR count). The van der Waals surface area contributed by atoms with Crippen molar-refractivity contribution in [1.29, 1.82) is 0 Å². The number of nitrogens with one attached hydrogen (secondary N) is 1. The van der Waals surface area contributed by atoms with Gasteiger partial charge in [-0.15, -0.1) is 10.2 Å². The number of thioether (sulfide) groups is 1. The molecule has 0 aliphatic heterocycles. The molecular formula is C20H23N5O2S. The third-order valence-electron chi connectivity index (χ3n) is 4.20. The van der Waals surface area contributed by atoms with Gasteiger partial charge in [-0.05, 0) is 29.7 Å². The van der Waals surface area contributed by atoms with Crippen LogP contribution < -0.4 is 15.9 Å². The summed E-state index contributed by atoms with van der Waals surface area (Å²) in [4.78, 5) is 12.4. The predicted octanol–water partition coefficient (Wildman–Crippen LogP) is 3.52. The van der Waals surface area contributed by atoms with Crippen LogP contribution >= 0.6 is 11.8 Å². The number of aromatic nitrogens is 3. The second-order valence-corrected chi connectivity index (χ2v) is 7.40. The molecule has 7 nitrogen and oxygen atoms in total. The monoisotopic (exact) mass is 397 g/mol. The molecule has 1 amide bonds. The maximum atomic E-state index is 12.4. The van der Waals surface area contributed by atoms with Gasteiger partial charge in [-0.2, -0.15) is 0 Å². The van der Waals surface area contributed by atoms with Crippen molar-refractivity contribution in [2.45, 2.75) is 24.9 Å². The summed E-state index contributed by atoms with van der Waals surface area (Å²) in [7, 11) is 1.59. The first kappa shape index (κ1) is 19.8. The van der Waals surface area contributed by atoms with Crippen molar-refractivity contribution in [1.82, 2.24) is 14.9 Å². The number of hydrogen-bond acceptors (Lipinski definition) is 6. The van der Waals surface area contributed by atoms with Gasteiger partial charge in [-0.25, -0.2) is 4.68 Å². The third-order valence-corrected chi connectivity index (χ3v) is 5.14. The second-order valence-electron chi connectivity index (χ2n) is 6.46. The SMILES string of the molecule is COc1ccccc1-c1nnc(SCC(=O)Nc2ccccc2C(C)C)n1N. The first-order chi connectivity index (χ1) is 13.5. The summed E-state index contributed by atoms with van der Waals surface area (Å²) in [5, 5.41) is 11.7. The zero-order valence-electron chi connectivity index (χ0n) is 16.0. The molecule has 0 atom stereocenters. The fourth-order valence-electron chi connectivity index (χ4n) is 2.82. The number of hydrogen-bond donors (Lipinski definition) is 2. The van der Waals surface area contributed by atoms with Gasteiger partial charge < -0.3 is 15.9 Å². The smallest absolute Gasteiger partial charge is 0.234 e. The highest BCUT2D eigenvalue weighted by Gasteiger charge is 2.17. The van der Waals surface area contributed by atoms with Crippen LogP contribution in [0, 0.1) is 0 Å². The zero-order valence-corrected chi connectivity index (χ0v) is 16.9. The molecule has 0 aliphatic carbocycles. The lowest BCUT2D eigenvalue weighted by Gasteiger charge is -2.13. The number of nitrogens with two attached hydrogens (primary N) is 1. The van der Waals surface area contributed by atoms with E-state index in [1.54, 1.807) is 7.11 Å². The molecule has 0 fully saturated rings. The fourth-order valence-corrected chi connectivity index (χ4v) is 3.48. The summed E-state index contributed by atoms with van der Waals surface area (Å²) in [6.45, 7) is 4.19. The highest BCUT2D eigenvalue weighted by atomic mass is 32.2. The normalized spacial score (nSPS) is 10.9. The van der Waals surface area contributed by atoms with E-state index in [2.05, 4.69) is 29.4 Å². The number of ether oxygens (including phenoxy) is 1. The Hall–Kier alpha value is -3.00. The quantitative estimate of drug-likeness (QED) is 0.468. The van der Waals surface area contributed by atoms with Crippen LogP contribution in [-0.2, 0) is 4.79 Å². The molecule has 1 aromatic heterocycles. The molecular weight excluding hydrogens is 374 g/mol. The summed E-state index contributed by atoms with van der Waals surface area (Å²) in [5.41, 5.74) is 2.66. The molecule has 2 aromatic carbocycles. The second kappa shape index (κ2) is 8.79. The van der Waals surface area contributed by atoms with E-state index in [-0.39, 0.29) is 11.7 Å². The number of carbonyl (C=O) groups is 1. The predicted molar refractivity (Wildman–Crippen MR) is 112 cm³/mol. The number of rotatable bonds is 7. The Kier molecular flexibility index (Phi) is 6.20. The highest BCUT2D eigenvalue weighted by Crippen LogP contribution is 2.29. The van der Waals surface area contributed by atoms with E-state index in [0.29, 0.717) is 22.6 Å². The summed E-state index contributed by atoms with van der Waals surface area (Å²) in [5.74, 6) is 7.64. The Morgan fingerprint density at radius 2 is 1.89 bits per heavy atom. The van der Waals surface area contributed by atoms with E-state index in [0.717, 1.165) is 16.8 Å². The largest absolute Gasteiger partial charge is 0.496 e. The maximum absolute atomic E-state index is 12.4. The van der Waals surface area contributed by atoms with Gasteiger partial charge in [-0.1, -0.05) is 55.9 Å². The van der Waals surface area contributed by atoms with Gasteiger partial charge >= 0.3 is 0 Å². The molecule has 0 spiro atoms. The Bertz CT molecular complexity index is 971. The molecule has 8 heteroatoms. The van der Waals surface area contributed by atoms with Gasteiger partial charge in [0.1, 0.15) is 5.75 Å². The lowest BCUT2D eigenvalue weighted by Crippen LogP contribution is -2.17. The van der Waals surface area contributed by atoms with E-state index in [4.69, 9.17) is 10.6 Å². The minimum absolute atomic E-state index is 0.125. The van der Waals surface area contributed by atoms with E-state index >= 15 is 0 Å². The molecule has 28 heavy (non-hydrogen) atoms. The number of para-hydroxylation sites is 2. The average Bonchev–Trinajstić information content (AvgIpc) is 3.06. The van der Waals surface area contributed by atoms with E-state index in [1.165, 1.54) is 16.4 Å². The molecule has 0 aliphatic rings. The number of carbonyl (C=O) groups excluding carboxylic acids is 1. The number of nitrogen functional groups attached to an aromatic ring is 1. The van der Waals surface area contributed by atoms with Gasteiger partial charge in [0.2, 0.25) is 11.1 Å². The Labute approximate surface area is 168 Å². The van der Waals surface area contributed by atoms with E-state index in [1.807, 2.05) is 48.5 Å². The number of methoxy groups -OCH3 is 1. The molecule has 0 bridgehead atoms. The zero-order chi connectivity index (χ0) is 20.1.